The number of alkyl carbamates (subject to hydrolysis) is 2. The first kappa shape index (κ1) is 23.8. The van der Waals surface area contributed by atoms with Gasteiger partial charge in [0.25, 0.3) is 0 Å². The van der Waals surface area contributed by atoms with Crippen LogP contribution in [0.5, 0.6) is 0 Å². The molecule has 1 fully saturated rings. The molecule has 160 valence electrons. The Kier molecular flexibility index (Phi) is 8.78. The van der Waals surface area contributed by atoms with Gasteiger partial charge in [-0.15, -0.1) is 0 Å². The van der Waals surface area contributed by atoms with Gasteiger partial charge in [0.1, 0.15) is 13.2 Å². The molecule has 0 heterocycles. The Labute approximate surface area is 167 Å². The molecule has 0 aliphatic heterocycles. The zero-order chi connectivity index (χ0) is 21.4. The number of hydrogen-bond donors (Lipinski definition) is 2. The second-order valence-corrected chi connectivity index (χ2v) is 8.72. The zero-order valence-electron chi connectivity index (χ0n) is 17.6. The first-order valence-electron chi connectivity index (χ1n) is 9.62. The van der Waals surface area contributed by atoms with Crippen LogP contribution in [0, 0.1) is 10.8 Å². The Morgan fingerprint density at radius 3 is 2.36 bits per heavy atom. The third kappa shape index (κ3) is 9.10. The molecule has 8 heteroatoms. The van der Waals surface area contributed by atoms with Crippen LogP contribution >= 0.6 is 0 Å². The minimum atomic E-state index is -0.558. The van der Waals surface area contributed by atoms with Crippen molar-refractivity contribution >= 4 is 18.2 Å². The quantitative estimate of drug-likeness (QED) is 0.282. The first-order chi connectivity index (χ1) is 12.9. The van der Waals surface area contributed by atoms with Crippen LogP contribution in [0.4, 0.5) is 9.59 Å². The summed E-state index contributed by atoms with van der Waals surface area (Å²) in [5.74, 6) is -0.558. The first-order valence-corrected chi connectivity index (χ1v) is 9.62. The van der Waals surface area contributed by atoms with Gasteiger partial charge in [-0.2, -0.15) is 0 Å². The molecule has 0 aromatic carbocycles. The second-order valence-electron chi connectivity index (χ2n) is 8.72. The second kappa shape index (κ2) is 10.3. The van der Waals surface area contributed by atoms with Crippen molar-refractivity contribution in [3.8, 4) is 0 Å². The molecule has 0 bridgehead atoms. The highest BCUT2D eigenvalue weighted by atomic mass is 16.6. The van der Waals surface area contributed by atoms with Crippen LogP contribution in [-0.2, 0) is 19.0 Å². The van der Waals surface area contributed by atoms with Crippen molar-refractivity contribution in [2.75, 3.05) is 19.8 Å². The maximum atomic E-state index is 12.1. The Balaban J connectivity index is 2.53. The molecule has 0 aromatic rings. The molecule has 28 heavy (non-hydrogen) atoms. The van der Waals surface area contributed by atoms with Gasteiger partial charge < -0.3 is 24.8 Å². The predicted molar refractivity (Wildman–Crippen MR) is 105 cm³/mol. The molecule has 0 aromatic heterocycles. The molecule has 0 spiro atoms. The molecule has 1 rings (SSSR count). The van der Waals surface area contributed by atoms with Crippen LogP contribution in [0.15, 0.2) is 12.7 Å². The van der Waals surface area contributed by atoms with Crippen molar-refractivity contribution in [1.29, 1.82) is 0 Å². The molecule has 0 saturated heterocycles. The predicted octanol–water partition coefficient (Wildman–Crippen LogP) is 3.16. The summed E-state index contributed by atoms with van der Waals surface area (Å²) in [4.78, 5) is 34.8. The maximum Gasteiger partial charge on any atom is 0.407 e. The number of hydrogen-bond acceptors (Lipinski definition) is 6. The van der Waals surface area contributed by atoms with Crippen molar-refractivity contribution in [1.82, 2.24) is 10.6 Å². The van der Waals surface area contributed by atoms with Crippen LogP contribution in [-0.4, -0.2) is 50.1 Å². The van der Waals surface area contributed by atoms with E-state index in [1.54, 1.807) is 13.8 Å². The van der Waals surface area contributed by atoms with Gasteiger partial charge in [0, 0.05) is 18.7 Å². The fourth-order valence-electron chi connectivity index (χ4n) is 3.96. The number of esters is 1. The largest absolute Gasteiger partial charge is 0.459 e. The van der Waals surface area contributed by atoms with Gasteiger partial charge >= 0.3 is 18.2 Å². The molecular formula is C20H34N2O6. The molecule has 2 unspecified atom stereocenters. The van der Waals surface area contributed by atoms with Crippen molar-refractivity contribution in [3.05, 3.63) is 12.7 Å². The molecular weight excluding hydrogens is 364 g/mol. The molecule has 0 radical (unpaired) electrons. The van der Waals surface area contributed by atoms with E-state index in [1.807, 2.05) is 0 Å². The number of rotatable bonds is 8. The number of carbonyl (C=O) groups is 3. The van der Waals surface area contributed by atoms with Gasteiger partial charge in [-0.3, -0.25) is 0 Å². The fraction of sp³-hybridized carbons (Fsp3) is 0.750. The molecule has 2 atom stereocenters. The molecule has 1 saturated carbocycles. The molecule has 1 aliphatic rings. The third-order valence-electron chi connectivity index (χ3n) is 4.50. The standard InChI is InChI=1S/C20H34N2O6/c1-7-16(23)26-8-9-27-18(25)22-15-10-19(4,5)12-20(6,11-15)13-21-17(24)28-14(2)3/h7,14-15H,1,8-13H2,2-6H3,(H,21,24)(H,22,25). The van der Waals surface area contributed by atoms with E-state index in [2.05, 4.69) is 38.0 Å². The normalized spacial score (nSPS) is 23.4. The average Bonchev–Trinajstić information content (AvgIpc) is 2.54. The summed E-state index contributed by atoms with van der Waals surface area (Å²) < 4.78 is 15.0. The summed E-state index contributed by atoms with van der Waals surface area (Å²) in [6, 6.07) is -0.0834. The topological polar surface area (TPSA) is 103 Å². The number of nitrogens with one attached hydrogen (secondary N) is 2. The summed E-state index contributed by atoms with van der Waals surface area (Å²) in [5.41, 5.74) is -0.191. The molecule has 2 amide bonds. The Morgan fingerprint density at radius 1 is 1.11 bits per heavy atom. The number of amides is 2. The van der Waals surface area contributed by atoms with Gasteiger partial charge in [0.15, 0.2) is 0 Å². The lowest BCUT2D eigenvalue weighted by Crippen LogP contribution is -2.50. The van der Waals surface area contributed by atoms with E-state index in [0.29, 0.717) is 13.0 Å². The van der Waals surface area contributed by atoms with E-state index in [1.165, 1.54) is 0 Å². The van der Waals surface area contributed by atoms with Crippen LogP contribution in [0.3, 0.4) is 0 Å². The minimum Gasteiger partial charge on any atom is -0.459 e. The van der Waals surface area contributed by atoms with Gasteiger partial charge in [-0.05, 0) is 43.9 Å². The van der Waals surface area contributed by atoms with Crippen molar-refractivity contribution in [2.45, 2.75) is 66.0 Å². The summed E-state index contributed by atoms with van der Waals surface area (Å²) in [7, 11) is 0. The highest BCUT2D eigenvalue weighted by Gasteiger charge is 2.42. The monoisotopic (exact) mass is 398 g/mol. The van der Waals surface area contributed by atoms with E-state index in [9.17, 15) is 14.4 Å². The summed E-state index contributed by atoms with van der Waals surface area (Å²) >= 11 is 0. The van der Waals surface area contributed by atoms with Gasteiger partial charge in [0.05, 0.1) is 6.10 Å². The van der Waals surface area contributed by atoms with Crippen LogP contribution < -0.4 is 10.6 Å². The Bertz CT molecular complexity index is 575. The smallest absolute Gasteiger partial charge is 0.407 e. The lowest BCUT2D eigenvalue weighted by molar-refractivity contribution is -0.138. The Morgan fingerprint density at radius 2 is 1.75 bits per heavy atom. The van der Waals surface area contributed by atoms with Crippen LogP contribution in [0.25, 0.3) is 0 Å². The molecule has 8 nitrogen and oxygen atoms in total. The van der Waals surface area contributed by atoms with E-state index in [-0.39, 0.29) is 36.2 Å². The third-order valence-corrected chi connectivity index (χ3v) is 4.50. The Hall–Kier alpha value is -2.25. The number of carbonyl (C=O) groups excluding carboxylic acids is 3. The van der Waals surface area contributed by atoms with Crippen molar-refractivity contribution < 1.29 is 28.6 Å². The highest BCUT2D eigenvalue weighted by molar-refractivity contribution is 5.81. The lowest BCUT2D eigenvalue weighted by atomic mass is 9.62. The van der Waals surface area contributed by atoms with E-state index >= 15 is 0 Å². The highest BCUT2D eigenvalue weighted by Crippen LogP contribution is 2.45. The van der Waals surface area contributed by atoms with E-state index in [0.717, 1.165) is 18.9 Å². The van der Waals surface area contributed by atoms with E-state index in [4.69, 9.17) is 14.2 Å². The van der Waals surface area contributed by atoms with Gasteiger partial charge in [0.2, 0.25) is 0 Å². The number of ether oxygens (including phenoxy) is 3. The summed E-state index contributed by atoms with van der Waals surface area (Å²) in [6.07, 6.45) is 2.32. The van der Waals surface area contributed by atoms with Crippen LogP contribution in [0.1, 0.15) is 53.9 Å². The maximum absolute atomic E-state index is 12.1. The lowest BCUT2D eigenvalue weighted by Gasteiger charge is -2.46. The molecule has 1 aliphatic carbocycles. The summed E-state index contributed by atoms with van der Waals surface area (Å²) in [6.45, 7) is 13.7. The SMILES string of the molecule is C=CC(=O)OCCOC(=O)NC1CC(C)(C)CC(C)(CNC(=O)OC(C)C)C1. The average molecular weight is 399 g/mol. The van der Waals surface area contributed by atoms with Crippen LogP contribution in [0.2, 0.25) is 0 Å². The summed E-state index contributed by atoms with van der Waals surface area (Å²) in [5, 5.41) is 5.72. The minimum absolute atomic E-state index is 0.00588. The van der Waals surface area contributed by atoms with Crippen molar-refractivity contribution in [2.24, 2.45) is 10.8 Å². The molecule has 2 N–H and O–H groups in total. The van der Waals surface area contributed by atoms with E-state index < -0.39 is 18.2 Å². The van der Waals surface area contributed by atoms with Crippen molar-refractivity contribution in [3.63, 3.8) is 0 Å². The van der Waals surface area contributed by atoms with Gasteiger partial charge in [-0.1, -0.05) is 27.4 Å². The van der Waals surface area contributed by atoms with Gasteiger partial charge in [-0.25, -0.2) is 14.4 Å². The zero-order valence-corrected chi connectivity index (χ0v) is 17.6. The fourth-order valence-corrected chi connectivity index (χ4v) is 3.96.